The van der Waals surface area contributed by atoms with Crippen LogP contribution < -0.4 is 0 Å². The second-order valence-electron chi connectivity index (χ2n) is 4.80. The van der Waals surface area contributed by atoms with E-state index in [4.69, 9.17) is 4.74 Å². The first kappa shape index (κ1) is 14.5. The van der Waals surface area contributed by atoms with E-state index in [9.17, 15) is 14.7 Å². The van der Waals surface area contributed by atoms with E-state index in [1.807, 2.05) is 6.92 Å². The second kappa shape index (κ2) is 6.04. The molecule has 0 aliphatic carbocycles. The third-order valence-corrected chi connectivity index (χ3v) is 3.60. The van der Waals surface area contributed by atoms with E-state index < -0.39 is 17.9 Å². The van der Waals surface area contributed by atoms with Gasteiger partial charge < -0.3 is 14.7 Å². The molecular weight excluding hydrogens is 262 g/mol. The van der Waals surface area contributed by atoms with Gasteiger partial charge in [-0.2, -0.15) is 5.10 Å². The summed E-state index contributed by atoms with van der Waals surface area (Å²) in [6.07, 6.45) is 3.47. The first-order chi connectivity index (χ1) is 9.58. The van der Waals surface area contributed by atoms with Gasteiger partial charge >= 0.3 is 5.97 Å². The molecule has 1 fully saturated rings. The van der Waals surface area contributed by atoms with Crippen molar-refractivity contribution in [1.82, 2.24) is 14.7 Å². The van der Waals surface area contributed by atoms with E-state index in [1.165, 1.54) is 0 Å². The lowest BCUT2D eigenvalue weighted by Gasteiger charge is -2.25. The monoisotopic (exact) mass is 281 g/mol. The van der Waals surface area contributed by atoms with Crippen molar-refractivity contribution in [2.24, 2.45) is 5.92 Å². The Hall–Kier alpha value is -1.89. The number of likely N-dealkylation sites (tertiary alicyclic amines) is 1. The SMILES string of the molecule is CCn1cc(C2C(C(=O)O)CC(=O)N2CCOC)cn1. The van der Waals surface area contributed by atoms with Gasteiger partial charge in [-0.1, -0.05) is 0 Å². The lowest BCUT2D eigenvalue weighted by Crippen LogP contribution is -2.33. The number of carboxylic acid groups (broad SMARTS) is 1. The summed E-state index contributed by atoms with van der Waals surface area (Å²) in [7, 11) is 1.55. The third-order valence-electron chi connectivity index (χ3n) is 3.60. The molecule has 7 nitrogen and oxygen atoms in total. The first-order valence-corrected chi connectivity index (χ1v) is 6.62. The first-order valence-electron chi connectivity index (χ1n) is 6.62. The van der Waals surface area contributed by atoms with Crippen molar-refractivity contribution in [3.63, 3.8) is 0 Å². The highest BCUT2D eigenvalue weighted by atomic mass is 16.5. The fraction of sp³-hybridized carbons (Fsp3) is 0.615. The van der Waals surface area contributed by atoms with Gasteiger partial charge in [0.15, 0.2) is 0 Å². The molecule has 1 N–H and O–H groups in total. The van der Waals surface area contributed by atoms with Gasteiger partial charge in [-0.25, -0.2) is 0 Å². The molecule has 2 unspecified atom stereocenters. The highest BCUT2D eigenvalue weighted by Gasteiger charge is 2.44. The van der Waals surface area contributed by atoms with Crippen LogP contribution in [0.2, 0.25) is 0 Å². The number of amides is 1. The summed E-state index contributed by atoms with van der Waals surface area (Å²) in [5.41, 5.74) is 0.765. The lowest BCUT2D eigenvalue weighted by atomic mass is 9.96. The van der Waals surface area contributed by atoms with E-state index in [0.717, 1.165) is 5.56 Å². The number of aryl methyl sites for hydroxylation is 1. The van der Waals surface area contributed by atoms with Crippen LogP contribution >= 0.6 is 0 Å². The Bertz CT molecular complexity index is 500. The molecule has 1 saturated heterocycles. The Kier molecular flexibility index (Phi) is 4.39. The Labute approximate surface area is 117 Å². The molecule has 0 spiro atoms. The van der Waals surface area contributed by atoms with Crippen LogP contribution in [0, 0.1) is 5.92 Å². The minimum Gasteiger partial charge on any atom is -0.481 e. The summed E-state index contributed by atoms with van der Waals surface area (Å²) >= 11 is 0. The lowest BCUT2D eigenvalue weighted by molar-refractivity contribution is -0.142. The van der Waals surface area contributed by atoms with Gasteiger partial charge in [0.25, 0.3) is 0 Å². The van der Waals surface area contributed by atoms with Gasteiger partial charge in [0.2, 0.25) is 5.91 Å². The summed E-state index contributed by atoms with van der Waals surface area (Å²) in [6, 6.07) is -0.463. The van der Waals surface area contributed by atoms with Crippen molar-refractivity contribution >= 4 is 11.9 Å². The number of hydrogen-bond donors (Lipinski definition) is 1. The number of nitrogens with zero attached hydrogens (tertiary/aromatic N) is 3. The molecule has 0 bridgehead atoms. The Morgan fingerprint density at radius 2 is 2.35 bits per heavy atom. The van der Waals surface area contributed by atoms with Crippen LogP contribution in [0.3, 0.4) is 0 Å². The average Bonchev–Trinajstić information content (AvgIpc) is 3.00. The number of carboxylic acids is 1. The van der Waals surface area contributed by atoms with E-state index in [2.05, 4.69) is 5.10 Å². The maximum absolute atomic E-state index is 12.0. The Morgan fingerprint density at radius 3 is 2.90 bits per heavy atom. The van der Waals surface area contributed by atoms with Crippen LogP contribution in [0.25, 0.3) is 0 Å². The molecule has 0 saturated carbocycles. The maximum atomic E-state index is 12.0. The van der Waals surface area contributed by atoms with E-state index >= 15 is 0 Å². The number of carbonyl (C=O) groups excluding carboxylic acids is 1. The number of rotatable bonds is 6. The van der Waals surface area contributed by atoms with Gasteiger partial charge in [0.1, 0.15) is 0 Å². The van der Waals surface area contributed by atoms with Crippen molar-refractivity contribution in [2.75, 3.05) is 20.3 Å². The van der Waals surface area contributed by atoms with Gasteiger partial charge in [-0.15, -0.1) is 0 Å². The molecule has 1 aliphatic heterocycles. The number of ether oxygens (including phenoxy) is 1. The minimum atomic E-state index is -0.951. The van der Waals surface area contributed by atoms with Gasteiger partial charge in [-0.3, -0.25) is 14.3 Å². The van der Waals surface area contributed by atoms with E-state index in [-0.39, 0.29) is 12.3 Å². The Morgan fingerprint density at radius 1 is 1.60 bits per heavy atom. The standard InChI is InChI=1S/C13H19N3O4/c1-3-15-8-9(7-14-15)12-10(13(18)19)6-11(17)16(12)4-5-20-2/h7-8,10,12H,3-6H2,1-2H3,(H,18,19). The Balaban J connectivity index is 2.29. The molecule has 20 heavy (non-hydrogen) atoms. The molecule has 0 radical (unpaired) electrons. The quantitative estimate of drug-likeness (QED) is 0.822. The number of aromatic nitrogens is 2. The molecule has 2 rings (SSSR count). The molecule has 1 aromatic rings. The zero-order chi connectivity index (χ0) is 14.7. The van der Waals surface area contributed by atoms with E-state index in [1.54, 1.807) is 29.1 Å². The van der Waals surface area contributed by atoms with Crippen molar-refractivity contribution in [1.29, 1.82) is 0 Å². The van der Waals surface area contributed by atoms with Crippen LogP contribution in [-0.2, 0) is 20.9 Å². The molecule has 110 valence electrons. The van der Waals surface area contributed by atoms with Crippen LogP contribution in [0.4, 0.5) is 0 Å². The normalized spacial score (nSPS) is 22.5. The molecule has 7 heteroatoms. The molecule has 1 aromatic heterocycles. The highest BCUT2D eigenvalue weighted by Crippen LogP contribution is 2.37. The fourth-order valence-electron chi connectivity index (χ4n) is 2.58. The smallest absolute Gasteiger partial charge is 0.309 e. The average molecular weight is 281 g/mol. The number of carbonyl (C=O) groups is 2. The van der Waals surface area contributed by atoms with Crippen LogP contribution in [0.5, 0.6) is 0 Å². The zero-order valence-corrected chi connectivity index (χ0v) is 11.7. The van der Waals surface area contributed by atoms with Gasteiger partial charge in [-0.05, 0) is 6.92 Å². The number of aliphatic carboxylic acids is 1. The van der Waals surface area contributed by atoms with E-state index in [0.29, 0.717) is 19.7 Å². The molecule has 2 atom stereocenters. The van der Waals surface area contributed by atoms with Crippen molar-refractivity contribution in [3.05, 3.63) is 18.0 Å². The predicted octanol–water partition coefficient (Wildman–Crippen LogP) is 0.524. The molecule has 2 heterocycles. The topological polar surface area (TPSA) is 84.7 Å². The summed E-state index contributed by atoms with van der Waals surface area (Å²) in [4.78, 5) is 25.0. The maximum Gasteiger partial charge on any atom is 0.309 e. The predicted molar refractivity (Wildman–Crippen MR) is 70.0 cm³/mol. The van der Waals surface area contributed by atoms with Gasteiger partial charge in [0.05, 0.1) is 24.8 Å². The molecule has 1 aliphatic rings. The summed E-state index contributed by atoms with van der Waals surface area (Å²) in [6.45, 7) is 3.43. The van der Waals surface area contributed by atoms with Crippen LogP contribution in [0.1, 0.15) is 24.9 Å². The molecular formula is C13H19N3O4. The second-order valence-corrected chi connectivity index (χ2v) is 4.80. The summed E-state index contributed by atoms with van der Waals surface area (Å²) in [5, 5.41) is 13.5. The van der Waals surface area contributed by atoms with Crippen LogP contribution in [0.15, 0.2) is 12.4 Å². The van der Waals surface area contributed by atoms with Crippen LogP contribution in [-0.4, -0.2) is 51.9 Å². The summed E-state index contributed by atoms with van der Waals surface area (Å²) in [5.74, 6) is -1.83. The van der Waals surface area contributed by atoms with Crippen molar-refractivity contribution in [2.45, 2.75) is 25.9 Å². The number of hydrogen-bond acceptors (Lipinski definition) is 4. The van der Waals surface area contributed by atoms with Gasteiger partial charge in [0, 0.05) is 38.4 Å². The molecule has 1 amide bonds. The summed E-state index contributed by atoms with van der Waals surface area (Å²) < 4.78 is 6.72. The fourth-order valence-corrected chi connectivity index (χ4v) is 2.58. The van der Waals surface area contributed by atoms with Crippen molar-refractivity contribution < 1.29 is 19.4 Å². The van der Waals surface area contributed by atoms with Crippen molar-refractivity contribution in [3.8, 4) is 0 Å². The highest BCUT2D eigenvalue weighted by molar-refractivity contribution is 5.87. The molecule has 0 aromatic carbocycles. The number of methoxy groups -OCH3 is 1. The third kappa shape index (κ3) is 2.67. The largest absolute Gasteiger partial charge is 0.481 e. The zero-order valence-electron chi connectivity index (χ0n) is 11.7. The minimum absolute atomic E-state index is 0.0288.